The Morgan fingerprint density at radius 3 is 2.53 bits per heavy atom. The van der Waals surface area contributed by atoms with Crippen LogP contribution >= 0.6 is 11.6 Å². The van der Waals surface area contributed by atoms with Gasteiger partial charge in [-0.1, -0.05) is 31.4 Å². The first-order valence-electron chi connectivity index (χ1n) is 7.46. The molecule has 108 valence electrons. The van der Waals surface area contributed by atoms with Crippen LogP contribution in [0.4, 0.5) is 0 Å². The molecule has 19 heavy (non-hydrogen) atoms. The highest BCUT2D eigenvalue weighted by Crippen LogP contribution is 2.51. The van der Waals surface area contributed by atoms with Gasteiger partial charge in [-0.25, -0.2) is 0 Å². The smallest absolute Gasteiger partial charge is 0.0834 e. The van der Waals surface area contributed by atoms with E-state index in [-0.39, 0.29) is 0 Å². The largest absolute Gasteiger partial charge is 0.311 e. The number of aromatic nitrogens is 2. The molecule has 1 heterocycles. The van der Waals surface area contributed by atoms with Crippen molar-refractivity contribution in [2.45, 2.75) is 65.0 Å². The molecule has 4 heteroatoms. The third-order valence-electron chi connectivity index (χ3n) is 4.75. The molecular formula is C15H26ClN3. The van der Waals surface area contributed by atoms with Crippen LogP contribution in [0.1, 0.15) is 70.7 Å². The summed E-state index contributed by atoms with van der Waals surface area (Å²) in [6.07, 6.45) is 8.22. The van der Waals surface area contributed by atoms with Gasteiger partial charge in [-0.15, -0.1) is 0 Å². The van der Waals surface area contributed by atoms with Crippen LogP contribution in [-0.4, -0.2) is 16.8 Å². The van der Waals surface area contributed by atoms with Crippen molar-refractivity contribution >= 4 is 11.6 Å². The molecule has 1 aliphatic carbocycles. The highest BCUT2D eigenvalue weighted by Gasteiger charge is 2.42. The van der Waals surface area contributed by atoms with Crippen LogP contribution in [0.2, 0.25) is 5.02 Å². The molecule has 0 radical (unpaired) electrons. The molecule has 1 atom stereocenters. The SMILES string of the molecule is CCC1(C(NC)c2c(Cl)cnn2C(C)C)CCCC1. The first kappa shape index (κ1) is 14.9. The lowest BCUT2D eigenvalue weighted by molar-refractivity contribution is 0.184. The van der Waals surface area contributed by atoms with E-state index in [2.05, 4.69) is 35.9 Å². The molecule has 0 spiro atoms. The minimum Gasteiger partial charge on any atom is -0.311 e. The minimum absolute atomic E-state index is 0.303. The van der Waals surface area contributed by atoms with Crippen molar-refractivity contribution < 1.29 is 0 Å². The van der Waals surface area contributed by atoms with Crippen LogP contribution < -0.4 is 5.32 Å². The van der Waals surface area contributed by atoms with Crippen LogP contribution in [0, 0.1) is 5.41 Å². The zero-order valence-electron chi connectivity index (χ0n) is 12.5. The number of rotatable bonds is 5. The first-order valence-corrected chi connectivity index (χ1v) is 7.83. The second-order valence-corrected chi connectivity index (χ2v) is 6.47. The van der Waals surface area contributed by atoms with Crippen LogP contribution in [0.3, 0.4) is 0 Å². The summed E-state index contributed by atoms with van der Waals surface area (Å²) >= 11 is 6.44. The molecule has 2 rings (SSSR count). The summed E-state index contributed by atoms with van der Waals surface area (Å²) in [6.45, 7) is 6.62. The summed E-state index contributed by atoms with van der Waals surface area (Å²) in [5.74, 6) is 0. The van der Waals surface area contributed by atoms with Gasteiger partial charge in [-0.05, 0) is 45.6 Å². The molecule has 0 aromatic carbocycles. The van der Waals surface area contributed by atoms with E-state index in [1.54, 1.807) is 6.20 Å². The molecule has 0 amide bonds. The van der Waals surface area contributed by atoms with Gasteiger partial charge in [0.1, 0.15) is 0 Å². The Bertz CT molecular complexity index is 419. The molecule has 0 saturated heterocycles. The maximum absolute atomic E-state index is 6.44. The Morgan fingerprint density at radius 1 is 1.42 bits per heavy atom. The molecule has 3 nitrogen and oxygen atoms in total. The maximum atomic E-state index is 6.44. The van der Waals surface area contributed by atoms with Gasteiger partial charge < -0.3 is 5.32 Å². The average molecular weight is 284 g/mol. The van der Waals surface area contributed by atoms with Gasteiger partial charge in [0, 0.05) is 6.04 Å². The van der Waals surface area contributed by atoms with E-state index < -0.39 is 0 Å². The lowest BCUT2D eigenvalue weighted by atomic mass is 9.75. The predicted octanol–water partition coefficient (Wildman–Crippen LogP) is 4.35. The highest BCUT2D eigenvalue weighted by molar-refractivity contribution is 6.31. The standard InChI is InChI=1S/C15H26ClN3/c1-5-15(8-6-7-9-15)14(17-4)13-12(16)10-18-19(13)11(2)3/h10-11,14,17H,5-9H2,1-4H3. The Hall–Kier alpha value is -0.540. The van der Waals surface area contributed by atoms with Gasteiger partial charge in [-0.2, -0.15) is 5.10 Å². The van der Waals surface area contributed by atoms with Crippen LogP contribution in [0.5, 0.6) is 0 Å². The monoisotopic (exact) mass is 283 g/mol. The fraction of sp³-hybridized carbons (Fsp3) is 0.800. The molecule has 1 N–H and O–H groups in total. The Kier molecular flexibility index (Phi) is 4.57. The lowest BCUT2D eigenvalue weighted by Crippen LogP contribution is -2.36. The van der Waals surface area contributed by atoms with Gasteiger partial charge >= 0.3 is 0 Å². The summed E-state index contributed by atoms with van der Waals surface area (Å²) in [7, 11) is 2.05. The van der Waals surface area contributed by atoms with Crippen LogP contribution in [0.15, 0.2) is 6.20 Å². The van der Waals surface area contributed by atoms with Gasteiger partial charge in [0.15, 0.2) is 0 Å². The van der Waals surface area contributed by atoms with Crippen molar-refractivity contribution in [3.8, 4) is 0 Å². The third kappa shape index (κ3) is 2.55. The number of nitrogens with one attached hydrogen (secondary N) is 1. The summed E-state index contributed by atoms with van der Waals surface area (Å²) in [5.41, 5.74) is 1.51. The summed E-state index contributed by atoms with van der Waals surface area (Å²) in [4.78, 5) is 0. The van der Waals surface area contributed by atoms with Gasteiger partial charge in [-0.3, -0.25) is 4.68 Å². The zero-order chi connectivity index (χ0) is 14.0. The minimum atomic E-state index is 0.303. The number of nitrogens with zero attached hydrogens (tertiary/aromatic N) is 2. The fourth-order valence-corrected chi connectivity index (χ4v) is 3.93. The van der Waals surface area contributed by atoms with E-state index in [9.17, 15) is 0 Å². The van der Waals surface area contributed by atoms with E-state index in [0.717, 1.165) is 5.02 Å². The van der Waals surface area contributed by atoms with E-state index in [1.807, 2.05) is 7.05 Å². The second-order valence-electron chi connectivity index (χ2n) is 6.06. The molecule has 1 aromatic heterocycles. The molecular weight excluding hydrogens is 258 g/mol. The molecule has 1 saturated carbocycles. The molecule has 0 aliphatic heterocycles. The van der Waals surface area contributed by atoms with Crippen LogP contribution in [-0.2, 0) is 0 Å². The number of hydrogen-bond donors (Lipinski definition) is 1. The van der Waals surface area contributed by atoms with Crippen LogP contribution in [0.25, 0.3) is 0 Å². The Labute approximate surface area is 121 Å². The maximum Gasteiger partial charge on any atom is 0.0834 e. The summed E-state index contributed by atoms with van der Waals surface area (Å²) < 4.78 is 2.08. The average Bonchev–Trinajstić information content (AvgIpc) is 2.99. The van der Waals surface area contributed by atoms with Crippen molar-refractivity contribution in [1.82, 2.24) is 15.1 Å². The number of hydrogen-bond acceptors (Lipinski definition) is 2. The normalized spacial score (nSPS) is 20.1. The Balaban J connectivity index is 2.44. The van der Waals surface area contributed by atoms with E-state index in [1.165, 1.54) is 37.8 Å². The predicted molar refractivity (Wildman–Crippen MR) is 80.6 cm³/mol. The summed E-state index contributed by atoms with van der Waals surface area (Å²) in [6, 6.07) is 0.644. The van der Waals surface area contributed by atoms with E-state index in [4.69, 9.17) is 11.6 Å². The summed E-state index contributed by atoms with van der Waals surface area (Å²) in [5, 5.41) is 8.79. The van der Waals surface area contributed by atoms with Gasteiger partial charge in [0.25, 0.3) is 0 Å². The van der Waals surface area contributed by atoms with Gasteiger partial charge in [0.2, 0.25) is 0 Å². The fourth-order valence-electron chi connectivity index (χ4n) is 3.69. The molecule has 1 fully saturated rings. The lowest BCUT2D eigenvalue weighted by Gasteiger charge is -2.37. The zero-order valence-corrected chi connectivity index (χ0v) is 13.3. The number of halogens is 1. The van der Waals surface area contributed by atoms with Crippen molar-refractivity contribution in [2.24, 2.45) is 5.41 Å². The van der Waals surface area contributed by atoms with Crippen molar-refractivity contribution in [3.63, 3.8) is 0 Å². The van der Waals surface area contributed by atoms with Crippen molar-refractivity contribution in [2.75, 3.05) is 7.05 Å². The third-order valence-corrected chi connectivity index (χ3v) is 5.05. The quantitative estimate of drug-likeness (QED) is 0.871. The molecule has 1 unspecified atom stereocenters. The highest BCUT2D eigenvalue weighted by atomic mass is 35.5. The van der Waals surface area contributed by atoms with E-state index in [0.29, 0.717) is 17.5 Å². The van der Waals surface area contributed by atoms with E-state index >= 15 is 0 Å². The Morgan fingerprint density at radius 2 is 2.05 bits per heavy atom. The van der Waals surface area contributed by atoms with Crippen molar-refractivity contribution in [1.29, 1.82) is 0 Å². The second kappa shape index (κ2) is 5.84. The van der Waals surface area contributed by atoms with Gasteiger partial charge in [0.05, 0.1) is 23.0 Å². The molecule has 1 aromatic rings. The molecule has 0 bridgehead atoms. The first-order chi connectivity index (χ1) is 9.05. The topological polar surface area (TPSA) is 29.9 Å². The van der Waals surface area contributed by atoms with Crippen molar-refractivity contribution in [3.05, 3.63) is 16.9 Å². The molecule has 1 aliphatic rings.